The topological polar surface area (TPSA) is 13.1 Å². The van der Waals surface area contributed by atoms with Crippen LogP contribution in [0.5, 0.6) is 5.75 Å². The van der Waals surface area contributed by atoms with E-state index in [1.807, 2.05) is 6.07 Å². The molecule has 0 unspecified atom stereocenters. The summed E-state index contributed by atoms with van der Waals surface area (Å²) in [7, 11) is 3.76. The van der Waals surface area contributed by atoms with E-state index in [0.29, 0.717) is 0 Å². The van der Waals surface area contributed by atoms with Gasteiger partial charge in [0, 0.05) is 17.0 Å². The van der Waals surface area contributed by atoms with Crippen LogP contribution in [-0.2, 0) is 7.05 Å². The molecule has 2 aromatic heterocycles. The van der Waals surface area contributed by atoms with Gasteiger partial charge in [-0.15, -0.1) is 11.3 Å². The lowest BCUT2D eigenvalue weighted by Crippen LogP contribution is -3.00. The van der Waals surface area contributed by atoms with Crippen LogP contribution in [0.3, 0.4) is 0 Å². The molecule has 2 heterocycles. The van der Waals surface area contributed by atoms with Crippen molar-refractivity contribution in [3.63, 3.8) is 0 Å². The van der Waals surface area contributed by atoms with Gasteiger partial charge in [-0.25, -0.2) is 4.57 Å². The number of halogens is 1. The number of benzene rings is 1. The van der Waals surface area contributed by atoms with E-state index in [-0.39, 0.29) is 12.4 Å². The smallest absolute Gasteiger partial charge is 0.213 e. The van der Waals surface area contributed by atoms with Gasteiger partial charge in [0.25, 0.3) is 0 Å². The second-order valence-electron chi connectivity index (χ2n) is 4.61. The Morgan fingerprint density at radius 2 is 2.00 bits per heavy atom. The Morgan fingerprint density at radius 1 is 1.14 bits per heavy atom. The number of rotatable bonds is 3. The standard InChI is InChI=1S/C17H16NOS.ClH/c1-18-10-9-13(5-7-15-4-3-11-20-15)16-12-14(19-2)6-8-17(16)18;/h3-12H,1-2H3;1H/q+1;/p-1/b7-5+;. The maximum Gasteiger partial charge on any atom is 0.213 e. The normalized spacial score (nSPS) is 10.8. The number of fused-ring (bicyclic) bond motifs is 1. The van der Waals surface area contributed by atoms with Crippen molar-refractivity contribution in [3.05, 3.63) is 58.4 Å². The zero-order valence-electron chi connectivity index (χ0n) is 11.9. The molecule has 0 saturated heterocycles. The molecule has 0 N–H and O–H groups in total. The predicted octanol–water partition coefficient (Wildman–Crippen LogP) is 0.909. The molecule has 0 bridgehead atoms. The van der Waals surface area contributed by atoms with E-state index in [1.165, 1.54) is 21.3 Å². The number of thiophene rings is 1. The number of aryl methyl sites for hydroxylation is 1. The quantitative estimate of drug-likeness (QED) is 0.655. The summed E-state index contributed by atoms with van der Waals surface area (Å²) in [6, 6.07) is 12.5. The first-order valence-electron chi connectivity index (χ1n) is 6.46. The molecule has 1 aromatic carbocycles. The first-order chi connectivity index (χ1) is 9.78. The zero-order chi connectivity index (χ0) is 13.9. The fourth-order valence-corrected chi connectivity index (χ4v) is 2.86. The summed E-state index contributed by atoms with van der Waals surface area (Å²) in [4.78, 5) is 1.26. The SMILES string of the molecule is COc1ccc2c(c1)c(/C=C/c1cccs1)cc[n+]2C.[Cl-]. The molecule has 0 aliphatic carbocycles. The molecule has 3 rings (SSSR count). The molecule has 21 heavy (non-hydrogen) atoms. The van der Waals surface area contributed by atoms with Gasteiger partial charge < -0.3 is 17.1 Å². The lowest BCUT2D eigenvalue weighted by atomic mass is 10.1. The van der Waals surface area contributed by atoms with Crippen LogP contribution in [0.15, 0.2) is 48.0 Å². The van der Waals surface area contributed by atoms with Crippen LogP contribution in [0.1, 0.15) is 10.4 Å². The zero-order valence-corrected chi connectivity index (χ0v) is 13.5. The van der Waals surface area contributed by atoms with Gasteiger partial charge in [0.05, 0.1) is 12.5 Å². The molecule has 0 aliphatic rings. The van der Waals surface area contributed by atoms with Crippen LogP contribution in [0, 0.1) is 0 Å². The Bertz CT molecular complexity index is 766. The fourth-order valence-electron chi connectivity index (χ4n) is 2.25. The van der Waals surface area contributed by atoms with E-state index in [0.717, 1.165) is 5.75 Å². The molecular weight excluding hydrogens is 302 g/mol. The fraction of sp³-hybridized carbons (Fsp3) is 0.118. The lowest BCUT2D eigenvalue weighted by Gasteiger charge is -2.04. The van der Waals surface area contributed by atoms with Crippen LogP contribution < -0.4 is 21.7 Å². The van der Waals surface area contributed by atoms with Crippen molar-refractivity contribution in [1.29, 1.82) is 0 Å². The molecule has 0 fully saturated rings. The molecule has 2 nitrogen and oxygen atoms in total. The number of hydrogen-bond donors (Lipinski definition) is 0. The van der Waals surface area contributed by atoms with Crippen LogP contribution in [0.25, 0.3) is 23.1 Å². The minimum absolute atomic E-state index is 0. The van der Waals surface area contributed by atoms with Gasteiger partial charge in [0.1, 0.15) is 12.8 Å². The van der Waals surface area contributed by atoms with Crippen LogP contribution in [0.2, 0.25) is 0 Å². The Labute approximate surface area is 134 Å². The van der Waals surface area contributed by atoms with E-state index in [4.69, 9.17) is 4.74 Å². The van der Waals surface area contributed by atoms with E-state index in [9.17, 15) is 0 Å². The Kier molecular flexibility index (Phi) is 4.99. The third-order valence-corrected chi connectivity index (χ3v) is 4.18. The van der Waals surface area contributed by atoms with E-state index >= 15 is 0 Å². The summed E-state index contributed by atoms with van der Waals surface area (Å²) in [5.74, 6) is 0.884. The first-order valence-corrected chi connectivity index (χ1v) is 7.34. The Morgan fingerprint density at radius 3 is 2.71 bits per heavy atom. The summed E-state index contributed by atoms with van der Waals surface area (Å²) in [6.45, 7) is 0. The molecule has 0 amide bonds. The number of hydrogen-bond acceptors (Lipinski definition) is 2. The molecule has 108 valence electrons. The largest absolute Gasteiger partial charge is 1.00 e. The maximum absolute atomic E-state index is 5.34. The summed E-state index contributed by atoms with van der Waals surface area (Å²) in [5, 5.41) is 3.29. The van der Waals surface area contributed by atoms with Crippen LogP contribution in [0.4, 0.5) is 0 Å². The van der Waals surface area contributed by atoms with Crippen molar-refractivity contribution in [2.75, 3.05) is 7.11 Å². The van der Waals surface area contributed by atoms with E-state index in [1.54, 1.807) is 18.4 Å². The highest BCUT2D eigenvalue weighted by molar-refractivity contribution is 7.10. The summed E-state index contributed by atoms with van der Waals surface area (Å²) < 4.78 is 7.46. The number of methoxy groups -OCH3 is 1. The van der Waals surface area contributed by atoms with Crippen molar-refractivity contribution in [1.82, 2.24) is 0 Å². The minimum Gasteiger partial charge on any atom is -1.00 e. The van der Waals surface area contributed by atoms with E-state index in [2.05, 4.69) is 65.7 Å². The summed E-state index contributed by atoms with van der Waals surface area (Å²) in [5.41, 5.74) is 2.39. The van der Waals surface area contributed by atoms with Gasteiger partial charge in [-0.05, 0) is 35.2 Å². The highest BCUT2D eigenvalue weighted by Crippen LogP contribution is 2.23. The third-order valence-electron chi connectivity index (χ3n) is 3.34. The predicted molar refractivity (Wildman–Crippen MR) is 84.9 cm³/mol. The van der Waals surface area contributed by atoms with Crippen molar-refractivity contribution in [3.8, 4) is 5.75 Å². The highest BCUT2D eigenvalue weighted by Gasteiger charge is 2.09. The average molecular weight is 318 g/mol. The van der Waals surface area contributed by atoms with Gasteiger partial charge in [-0.1, -0.05) is 12.1 Å². The molecular formula is C17H16ClNOS. The van der Waals surface area contributed by atoms with Crippen LogP contribution in [-0.4, -0.2) is 7.11 Å². The second kappa shape index (κ2) is 6.74. The monoisotopic (exact) mass is 317 g/mol. The number of aromatic nitrogens is 1. The molecule has 0 aliphatic heterocycles. The highest BCUT2D eigenvalue weighted by atomic mass is 35.5. The first kappa shape index (κ1) is 15.5. The number of nitrogens with zero attached hydrogens (tertiary/aromatic N) is 1. The molecule has 4 heteroatoms. The van der Waals surface area contributed by atoms with Gasteiger partial charge >= 0.3 is 0 Å². The van der Waals surface area contributed by atoms with Crippen LogP contribution >= 0.6 is 11.3 Å². The van der Waals surface area contributed by atoms with Gasteiger partial charge in [0.2, 0.25) is 5.52 Å². The number of ether oxygens (including phenoxy) is 1. The molecule has 0 atom stereocenters. The average Bonchev–Trinajstić information content (AvgIpc) is 2.99. The van der Waals surface area contributed by atoms with Gasteiger partial charge in [0.15, 0.2) is 6.20 Å². The third kappa shape index (κ3) is 3.26. The van der Waals surface area contributed by atoms with Crippen molar-refractivity contribution >= 4 is 34.4 Å². The molecule has 0 saturated carbocycles. The molecule has 3 aromatic rings. The minimum atomic E-state index is 0. The molecule has 0 radical (unpaired) electrons. The Balaban J connectivity index is 0.00000161. The second-order valence-corrected chi connectivity index (χ2v) is 5.59. The maximum atomic E-state index is 5.34. The van der Waals surface area contributed by atoms with E-state index < -0.39 is 0 Å². The van der Waals surface area contributed by atoms with Crippen molar-refractivity contribution < 1.29 is 21.7 Å². The van der Waals surface area contributed by atoms with Crippen molar-refractivity contribution in [2.24, 2.45) is 7.05 Å². The summed E-state index contributed by atoms with van der Waals surface area (Å²) in [6.07, 6.45) is 6.40. The molecule has 0 spiro atoms. The van der Waals surface area contributed by atoms with Crippen molar-refractivity contribution in [2.45, 2.75) is 0 Å². The Hall–Kier alpha value is -1.84. The lowest BCUT2D eigenvalue weighted by molar-refractivity contribution is -0.644. The van der Waals surface area contributed by atoms with Gasteiger partial charge in [-0.2, -0.15) is 0 Å². The summed E-state index contributed by atoms with van der Waals surface area (Å²) >= 11 is 1.74. The number of pyridine rings is 1. The van der Waals surface area contributed by atoms with Gasteiger partial charge in [-0.3, -0.25) is 0 Å².